The van der Waals surface area contributed by atoms with E-state index in [-0.39, 0.29) is 17.6 Å². The van der Waals surface area contributed by atoms with Crippen molar-refractivity contribution in [2.75, 3.05) is 6.54 Å². The zero-order valence-corrected chi connectivity index (χ0v) is 20.0. The number of ether oxygens (including phenoxy) is 1. The van der Waals surface area contributed by atoms with E-state index in [4.69, 9.17) is 4.74 Å². The highest BCUT2D eigenvalue weighted by atomic mass is 16.6. The highest BCUT2D eigenvalue weighted by molar-refractivity contribution is 5.70. The molecule has 3 aliphatic rings. The van der Waals surface area contributed by atoms with Crippen molar-refractivity contribution in [3.05, 3.63) is 95.1 Å². The fraction of sp³-hybridized carbons (Fsp3) is 0.387. The first-order valence-corrected chi connectivity index (χ1v) is 12.8. The van der Waals surface area contributed by atoms with Crippen molar-refractivity contribution in [3.8, 4) is 11.1 Å². The van der Waals surface area contributed by atoms with Crippen molar-refractivity contribution in [1.29, 1.82) is 0 Å². The van der Waals surface area contributed by atoms with Gasteiger partial charge in [0.2, 0.25) is 0 Å². The summed E-state index contributed by atoms with van der Waals surface area (Å²) in [5.41, 5.74) is 8.14. The molecule has 2 fully saturated rings. The molecular weight excluding hydrogens is 418 g/mol. The lowest BCUT2D eigenvalue weighted by Gasteiger charge is -2.58. The Kier molecular flexibility index (Phi) is 5.44. The molecule has 3 nitrogen and oxygen atoms in total. The molecule has 0 aromatic heterocycles. The van der Waals surface area contributed by atoms with Crippen LogP contribution in [-0.2, 0) is 23.2 Å². The van der Waals surface area contributed by atoms with Crippen LogP contribution in [-0.4, -0.2) is 23.6 Å². The van der Waals surface area contributed by atoms with Crippen molar-refractivity contribution in [1.82, 2.24) is 4.90 Å². The topological polar surface area (TPSA) is 29.5 Å². The molecule has 3 atom stereocenters. The first-order chi connectivity index (χ1) is 16.6. The molecule has 3 aromatic rings. The van der Waals surface area contributed by atoms with Gasteiger partial charge in [-0.25, -0.2) is 4.79 Å². The van der Waals surface area contributed by atoms with Crippen molar-refractivity contribution >= 4 is 6.09 Å². The standard InChI is InChI=1S/C31H33NO2/c1-22-10-12-24(13-11-22)25-14-15-26-20-29-27-9-5-6-16-31(27,28(26)19-25)17-18-32(29)30(33)34-21-23-7-3-2-4-8-23/h2-4,7-8,10-15,19,27,29H,5-6,9,16-18,20-21H2,1H3/t27-,29+,31?/m1/s1. The molecule has 3 aromatic carbocycles. The van der Waals surface area contributed by atoms with Gasteiger partial charge in [0.15, 0.2) is 0 Å². The maximum absolute atomic E-state index is 13.2. The Morgan fingerprint density at radius 3 is 2.59 bits per heavy atom. The van der Waals surface area contributed by atoms with Crippen LogP contribution in [0.4, 0.5) is 4.79 Å². The van der Waals surface area contributed by atoms with Crippen LogP contribution in [0.2, 0.25) is 0 Å². The van der Waals surface area contributed by atoms with E-state index in [1.165, 1.54) is 47.9 Å². The van der Waals surface area contributed by atoms with Gasteiger partial charge in [0, 0.05) is 18.0 Å². The van der Waals surface area contributed by atoms with Crippen LogP contribution in [0.25, 0.3) is 11.1 Å². The quantitative estimate of drug-likeness (QED) is 0.427. The second kappa shape index (κ2) is 8.61. The Balaban J connectivity index is 1.30. The minimum Gasteiger partial charge on any atom is -0.445 e. The van der Waals surface area contributed by atoms with Gasteiger partial charge in [0.25, 0.3) is 0 Å². The number of nitrogens with zero attached hydrogens (tertiary/aromatic N) is 1. The van der Waals surface area contributed by atoms with Gasteiger partial charge in [0.05, 0.1) is 0 Å². The van der Waals surface area contributed by atoms with Gasteiger partial charge in [-0.3, -0.25) is 0 Å². The van der Waals surface area contributed by atoms with Crippen LogP contribution in [0.1, 0.15) is 54.4 Å². The van der Waals surface area contributed by atoms with E-state index in [1.807, 2.05) is 30.3 Å². The number of amides is 1. The first-order valence-electron chi connectivity index (χ1n) is 12.8. The number of hydrogen-bond donors (Lipinski definition) is 0. The fourth-order valence-electron chi connectivity index (χ4n) is 6.96. The minimum atomic E-state index is -0.146. The SMILES string of the molecule is Cc1ccc(-c2ccc3c(c2)C24CCCC[C@@H]2[C@H](C3)N(C(=O)OCc2ccccc2)CC4)cc1. The molecule has 1 saturated heterocycles. The third kappa shape index (κ3) is 3.62. The Labute approximate surface area is 202 Å². The lowest BCUT2D eigenvalue weighted by atomic mass is 9.52. The average Bonchev–Trinajstić information content (AvgIpc) is 2.88. The van der Waals surface area contributed by atoms with Crippen LogP contribution in [0, 0.1) is 12.8 Å². The highest BCUT2D eigenvalue weighted by Crippen LogP contribution is 2.56. The molecule has 1 unspecified atom stereocenters. The fourth-order valence-corrected chi connectivity index (χ4v) is 6.96. The number of carbonyl (C=O) groups is 1. The summed E-state index contributed by atoms with van der Waals surface area (Å²) in [6.45, 7) is 3.28. The lowest BCUT2D eigenvalue weighted by molar-refractivity contribution is -0.0136. The van der Waals surface area contributed by atoms with Crippen molar-refractivity contribution in [2.45, 2.75) is 63.5 Å². The van der Waals surface area contributed by atoms with Gasteiger partial charge in [-0.15, -0.1) is 0 Å². The third-order valence-corrected chi connectivity index (χ3v) is 8.66. The number of carbonyl (C=O) groups excluding carboxylic acids is 1. The number of piperidine rings is 1. The number of fused-ring (bicyclic) bond motifs is 1. The molecule has 34 heavy (non-hydrogen) atoms. The molecule has 0 spiro atoms. The third-order valence-electron chi connectivity index (χ3n) is 8.66. The van der Waals surface area contributed by atoms with Crippen molar-refractivity contribution < 1.29 is 9.53 Å². The van der Waals surface area contributed by atoms with Gasteiger partial charge in [-0.2, -0.15) is 0 Å². The second-order valence-corrected chi connectivity index (χ2v) is 10.5. The number of rotatable bonds is 3. The molecule has 0 radical (unpaired) electrons. The Morgan fingerprint density at radius 1 is 0.971 bits per heavy atom. The lowest BCUT2D eigenvalue weighted by Crippen LogP contribution is -2.62. The predicted molar refractivity (Wildman–Crippen MR) is 136 cm³/mol. The zero-order chi connectivity index (χ0) is 23.1. The normalized spacial score (nSPS) is 25.3. The summed E-state index contributed by atoms with van der Waals surface area (Å²) in [5, 5.41) is 0. The first kappa shape index (κ1) is 21.5. The van der Waals surface area contributed by atoms with E-state index in [0.29, 0.717) is 12.5 Å². The summed E-state index contributed by atoms with van der Waals surface area (Å²) in [4.78, 5) is 15.3. The molecule has 2 aliphatic carbocycles. The molecular formula is C31H33NO2. The van der Waals surface area contributed by atoms with E-state index in [1.54, 1.807) is 5.56 Å². The molecule has 1 aliphatic heterocycles. The summed E-state index contributed by atoms with van der Waals surface area (Å²) >= 11 is 0. The molecule has 174 valence electrons. The summed E-state index contributed by atoms with van der Waals surface area (Å²) in [7, 11) is 0. The number of benzene rings is 3. The molecule has 1 heterocycles. The van der Waals surface area contributed by atoms with Crippen LogP contribution in [0.15, 0.2) is 72.8 Å². The summed E-state index contributed by atoms with van der Waals surface area (Å²) < 4.78 is 5.80. The highest BCUT2D eigenvalue weighted by Gasteiger charge is 2.55. The zero-order valence-electron chi connectivity index (χ0n) is 20.0. The predicted octanol–water partition coefficient (Wildman–Crippen LogP) is 7.06. The van der Waals surface area contributed by atoms with Crippen LogP contribution < -0.4 is 0 Å². The molecule has 1 amide bonds. The summed E-state index contributed by atoms with van der Waals surface area (Å²) in [6.07, 6.45) is 6.84. The number of hydrogen-bond acceptors (Lipinski definition) is 2. The van der Waals surface area contributed by atoms with Gasteiger partial charge >= 0.3 is 6.09 Å². The monoisotopic (exact) mass is 451 g/mol. The van der Waals surface area contributed by atoms with Gasteiger partial charge < -0.3 is 9.64 Å². The molecule has 3 heteroatoms. The summed E-state index contributed by atoms with van der Waals surface area (Å²) in [6, 6.07) is 26.2. The number of likely N-dealkylation sites (tertiary alicyclic amines) is 1. The van der Waals surface area contributed by atoms with Gasteiger partial charge in [0.1, 0.15) is 6.61 Å². The van der Waals surface area contributed by atoms with E-state index >= 15 is 0 Å². The molecule has 2 bridgehead atoms. The van der Waals surface area contributed by atoms with Crippen molar-refractivity contribution in [2.24, 2.45) is 5.92 Å². The van der Waals surface area contributed by atoms with E-state index in [2.05, 4.69) is 54.3 Å². The molecule has 0 N–H and O–H groups in total. The van der Waals surface area contributed by atoms with E-state index < -0.39 is 0 Å². The largest absolute Gasteiger partial charge is 0.445 e. The summed E-state index contributed by atoms with van der Waals surface area (Å²) in [5.74, 6) is 0.528. The Morgan fingerprint density at radius 2 is 1.76 bits per heavy atom. The van der Waals surface area contributed by atoms with Gasteiger partial charge in [-0.05, 0) is 66.3 Å². The van der Waals surface area contributed by atoms with Crippen LogP contribution in [0.5, 0.6) is 0 Å². The van der Waals surface area contributed by atoms with E-state index in [0.717, 1.165) is 24.9 Å². The smallest absolute Gasteiger partial charge is 0.410 e. The van der Waals surface area contributed by atoms with E-state index in [9.17, 15) is 4.79 Å². The maximum atomic E-state index is 13.2. The second-order valence-electron chi connectivity index (χ2n) is 10.5. The number of aryl methyl sites for hydroxylation is 1. The average molecular weight is 452 g/mol. The van der Waals surface area contributed by atoms with Crippen LogP contribution >= 0.6 is 0 Å². The molecule has 6 rings (SSSR count). The van der Waals surface area contributed by atoms with Crippen LogP contribution in [0.3, 0.4) is 0 Å². The Hall–Kier alpha value is -3.07. The molecule has 1 saturated carbocycles. The minimum absolute atomic E-state index is 0.146. The maximum Gasteiger partial charge on any atom is 0.410 e. The van der Waals surface area contributed by atoms with Crippen molar-refractivity contribution in [3.63, 3.8) is 0 Å². The van der Waals surface area contributed by atoms with Gasteiger partial charge in [-0.1, -0.05) is 91.2 Å². The Bertz CT molecular complexity index is 1190.